The lowest BCUT2D eigenvalue weighted by molar-refractivity contribution is 0.377. The molecule has 4 nitrogen and oxygen atoms in total. The van der Waals surface area contributed by atoms with Crippen LogP contribution in [0, 0.1) is 6.92 Å². The molecule has 1 atom stereocenters. The maximum Gasteiger partial charge on any atom is 0.231 e. The van der Waals surface area contributed by atoms with Crippen molar-refractivity contribution in [3.05, 3.63) is 47.1 Å². The van der Waals surface area contributed by atoms with Gasteiger partial charge in [-0.15, -0.1) is 0 Å². The van der Waals surface area contributed by atoms with E-state index in [2.05, 4.69) is 47.5 Å². The highest BCUT2D eigenvalue weighted by Crippen LogP contribution is 2.10. The van der Waals surface area contributed by atoms with Gasteiger partial charge in [0.15, 0.2) is 5.82 Å². The van der Waals surface area contributed by atoms with Gasteiger partial charge in [-0.3, -0.25) is 0 Å². The largest absolute Gasteiger partial charge is 0.339 e. The fourth-order valence-corrected chi connectivity index (χ4v) is 1.82. The summed E-state index contributed by atoms with van der Waals surface area (Å²) in [6, 6.07) is 8.70. The van der Waals surface area contributed by atoms with E-state index in [1.165, 1.54) is 11.1 Å². The van der Waals surface area contributed by atoms with Crippen molar-refractivity contribution in [1.29, 1.82) is 0 Å². The van der Waals surface area contributed by atoms with Crippen LogP contribution in [0.4, 0.5) is 0 Å². The first-order valence-electron chi connectivity index (χ1n) is 6.21. The van der Waals surface area contributed by atoms with Crippen molar-refractivity contribution >= 4 is 0 Å². The van der Waals surface area contributed by atoms with Gasteiger partial charge in [0.05, 0.1) is 6.42 Å². The lowest BCUT2D eigenvalue weighted by atomic mass is 10.1. The van der Waals surface area contributed by atoms with E-state index in [0.29, 0.717) is 18.4 Å². The Kier molecular flexibility index (Phi) is 4.10. The zero-order chi connectivity index (χ0) is 13.0. The first kappa shape index (κ1) is 12.8. The normalized spacial score (nSPS) is 12.6. The van der Waals surface area contributed by atoms with Crippen LogP contribution >= 0.6 is 0 Å². The number of nitrogens with zero attached hydrogens (tertiary/aromatic N) is 2. The highest BCUT2D eigenvalue weighted by Gasteiger charge is 2.09. The van der Waals surface area contributed by atoms with Gasteiger partial charge in [0.1, 0.15) is 0 Å². The molecule has 0 aliphatic heterocycles. The molecule has 1 unspecified atom stereocenters. The van der Waals surface area contributed by atoms with Gasteiger partial charge in [-0.05, 0) is 26.5 Å². The van der Waals surface area contributed by atoms with Gasteiger partial charge in [-0.1, -0.05) is 35.0 Å². The summed E-state index contributed by atoms with van der Waals surface area (Å²) in [4.78, 5) is 4.41. The van der Waals surface area contributed by atoms with E-state index >= 15 is 0 Å². The average Bonchev–Trinajstić information content (AvgIpc) is 2.76. The number of aryl methyl sites for hydroxylation is 1. The van der Waals surface area contributed by atoms with Crippen LogP contribution in [0.1, 0.15) is 29.8 Å². The predicted molar refractivity (Wildman–Crippen MR) is 70.5 cm³/mol. The summed E-state index contributed by atoms with van der Waals surface area (Å²) in [6.45, 7) is 4.17. The van der Waals surface area contributed by atoms with E-state index in [4.69, 9.17) is 4.52 Å². The Morgan fingerprint density at radius 3 is 2.94 bits per heavy atom. The van der Waals surface area contributed by atoms with E-state index in [0.717, 1.165) is 12.2 Å². The predicted octanol–water partition coefficient (Wildman–Crippen LogP) is 2.12. The number of hydrogen-bond donors (Lipinski definition) is 1. The first-order valence-corrected chi connectivity index (χ1v) is 6.21. The van der Waals surface area contributed by atoms with Crippen LogP contribution in [-0.4, -0.2) is 23.2 Å². The van der Waals surface area contributed by atoms with Crippen molar-refractivity contribution < 1.29 is 4.52 Å². The van der Waals surface area contributed by atoms with E-state index in [1.807, 2.05) is 13.1 Å². The van der Waals surface area contributed by atoms with Crippen LogP contribution in [0.3, 0.4) is 0 Å². The molecular weight excluding hydrogens is 226 g/mol. The first-order chi connectivity index (χ1) is 8.67. The van der Waals surface area contributed by atoms with Crippen LogP contribution in [-0.2, 0) is 12.8 Å². The number of nitrogens with one attached hydrogen (secondary N) is 1. The molecule has 1 heterocycles. The molecule has 4 heteroatoms. The molecule has 0 spiro atoms. The van der Waals surface area contributed by atoms with Crippen LogP contribution in [0.2, 0.25) is 0 Å². The Bertz CT molecular complexity index is 507. The molecule has 0 fully saturated rings. The topological polar surface area (TPSA) is 51.0 Å². The number of aromatic nitrogens is 2. The molecule has 1 N–H and O–H groups in total. The quantitative estimate of drug-likeness (QED) is 0.876. The van der Waals surface area contributed by atoms with Crippen molar-refractivity contribution in [1.82, 2.24) is 15.5 Å². The Hall–Kier alpha value is -1.68. The molecule has 0 amide bonds. The van der Waals surface area contributed by atoms with Gasteiger partial charge in [0.2, 0.25) is 5.89 Å². The summed E-state index contributed by atoms with van der Waals surface area (Å²) in [5.74, 6) is 1.44. The van der Waals surface area contributed by atoms with Gasteiger partial charge in [-0.2, -0.15) is 4.98 Å². The lowest BCUT2D eigenvalue weighted by Crippen LogP contribution is -2.24. The monoisotopic (exact) mass is 245 g/mol. The summed E-state index contributed by atoms with van der Waals surface area (Å²) in [5.41, 5.74) is 2.45. The lowest BCUT2D eigenvalue weighted by Gasteiger charge is -2.04. The summed E-state index contributed by atoms with van der Waals surface area (Å²) >= 11 is 0. The molecule has 0 aliphatic rings. The van der Waals surface area contributed by atoms with Crippen molar-refractivity contribution in [2.24, 2.45) is 0 Å². The average molecular weight is 245 g/mol. The minimum Gasteiger partial charge on any atom is -0.339 e. The summed E-state index contributed by atoms with van der Waals surface area (Å²) in [7, 11) is 1.93. The SMILES string of the molecule is CNC(C)Cc1noc(Cc2cccc(C)c2)n1. The number of hydrogen-bond acceptors (Lipinski definition) is 4. The third kappa shape index (κ3) is 3.40. The van der Waals surface area contributed by atoms with Crippen molar-refractivity contribution in [3.63, 3.8) is 0 Å². The second-order valence-electron chi connectivity index (χ2n) is 4.66. The van der Waals surface area contributed by atoms with E-state index in [-0.39, 0.29) is 0 Å². The van der Waals surface area contributed by atoms with Gasteiger partial charge in [0, 0.05) is 12.5 Å². The summed E-state index contributed by atoms with van der Waals surface area (Å²) in [6.07, 6.45) is 1.48. The van der Waals surface area contributed by atoms with Gasteiger partial charge < -0.3 is 9.84 Å². The molecule has 0 bridgehead atoms. The number of rotatable bonds is 5. The fourth-order valence-electron chi connectivity index (χ4n) is 1.82. The second kappa shape index (κ2) is 5.78. The van der Waals surface area contributed by atoms with Gasteiger partial charge in [-0.25, -0.2) is 0 Å². The molecule has 0 saturated heterocycles. The molecule has 1 aromatic heterocycles. The van der Waals surface area contributed by atoms with Crippen molar-refractivity contribution in [2.75, 3.05) is 7.05 Å². The third-order valence-electron chi connectivity index (χ3n) is 2.93. The van der Waals surface area contributed by atoms with E-state index in [9.17, 15) is 0 Å². The molecule has 2 rings (SSSR count). The molecule has 0 radical (unpaired) electrons. The zero-order valence-corrected chi connectivity index (χ0v) is 11.1. The molecule has 1 aromatic carbocycles. The third-order valence-corrected chi connectivity index (χ3v) is 2.93. The smallest absolute Gasteiger partial charge is 0.231 e. The number of benzene rings is 1. The van der Waals surface area contributed by atoms with E-state index in [1.54, 1.807) is 0 Å². The van der Waals surface area contributed by atoms with Crippen LogP contribution in [0.25, 0.3) is 0 Å². The molecule has 18 heavy (non-hydrogen) atoms. The molecule has 0 saturated carbocycles. The summed E-state index contributed by atoms with van der Waals surface area (Å²) < 4.78 is 5.26. The number of likely N-dealkylation sites (N-methyl/N-ethyl adjacent to an activating group) is 1. The molecule has 2 aromatic rings. The fraction of sp³-hybridized carbons (Fsp3) is 0.429. The minimum atomic E-state index is 0.356. The Morgan fingerprint density at radius 2 is 2.22 bits per heavy atom. The highest BCUT2D eigenvalue weighted by atomic mass is 16.5. The van der Waals surface area contributed by atoms with Gasteiger partial charge >= 0.3 is 0 Å². The Morgan fingerprint density at radius 1 is 1.39 bits per heavy atom. The Labute approximate surface area is 107 Å². The van der Waals surface area contributed by atoms with Crippen molar-refractivity contribution in [2.45, 2.75) is 32.7 Å². The molecular formula is C14H19N3O. The molecule has 96 valence electrons. The maximum atomic E-state index is 5.26. The zero-order valence-electron chi connectivity index (χ0n) is 11.1. The van der Waals surface area contributed by atoms with Crippen LogP contribution in [0.15, 0.2) is 28.8 Å². The van der Waals surface area contributed by atoms with Crippen LogP contribution < -0.4 is 5.32 Å². The molecule has 0 aliphatic carbocycles. The van der Waals surface area contributed by atoms with E-state index < -0.39 is 0 Å². The highest BCUT2D eigenvalue weighted by molar-refractivity contribution is 5.24. The Balaban J connectivity index is 2.02. The van der Waals surface area contributed by atoms with Gasteiger partial charge in [0.25, 0.3) is 0 Å². The second-order valence-corrected chi connectivity index (χ2v) is 4.66. The van der Waals surface area contributed by atoms with Crippen molar-refractivity contribution in [3.8, 4) is 0 Å². The minimum absolute atomic E-state index is 0.356. The maximum absolute atomic E-state index is 5.26. The summed E-state index contributed by atoms with van der Waals surface area (Å²) in [5, 5.41) is 7.15. The van der Waals surface area contributed by atoms with Crippen LogP contribution in [0.5, 0.6) is 0 Å². The standard InChI is InChI=1S/C14H19N3O/c1-10-5-4-6-12(7-10)9-14-16-13(17-18-14)8-11(2)15-3/h4-7,11,15H,8-9H2,1-3H3.